The molecule has 0 bridgehead atoms. The van der Waals surface area contributed by atoms with Crippen LogP contribution in [0.3, 0.4) is 0 Å². The van der Waals surface area contributed by atoms with Gasteiger partial charge in [0.25, 0.3) is 0 Å². The quantitative estimate of drug-likeness (QED) is 0.238. The van der Waals surface area contributed by atoms with E-state index < -0.39 is 0 Å². The van der Waals surface area contributed by atoms with Gasteiger partial charge in [-0.2, -0.15) is 0 Å². The lowest BCUT2D eigenvalue weighted by molar-refractivity contribution is -0.118. The molecule has 31 heavy (non-hydrogen) atoms. The van der Waals surface area contributed by atoms with Gasteiger partial charge in [-0.15, -0.1) is 11.3 Å². The summed E-state index contributed by atoms with van der Waals surface area (Å²) in [5.41, 5.74) is 3.36. The van der Waals surface area contributed by atoms with E-state index in [0.717, 1.165) is 30.3 Å². The average molecular weight is 512 g/mol. The lowest BCUT2D eigenvalue weighted by Gasteiger charge is -2.03. The van der Waals surface area contributed by atoms with Crippen LogP contribution in [0.5, 0.6) is 5.75 Å². The smallest absolute Gasteiger partial charge is 0.230 e. The highest BCUT2D eigenvalue weighted by molar-refractivity contribution is 9.10. The molecule has 0 radical (unpaired) electrons. The summed E-state index contributed by atoms with van der Waals surface area (Å²) in [5.74, 6) is 0.474. The Hall–Kier alpha value is -2.68. The molecule has 156 valence electrons. The molecule has 0 aliphatic carbocycles. The van der Waals surface area contributed by atoms with Crippen molar-refractivity contribution in [2.24, 2.45) is 4.99 Å². The number of hydrogen-bond acceptors (Lipinski definition) is 6. The van der Waals surface area contributed by atoms with Crippen LogP contribution in [0.15, 0.2) is 80.5 Å². The molecule has 0 saturated carbocycles. The molecule has 0 unspecified atom stereocenters. The Morgan fingerprint density at radius 3 is 2.84 bits per heavy atom. The van der Waals surface area contributed by atoms with Crippen LogP contribution in [0.4, 0.5) is 5.69 Å². The number of carbonyl (C=O) groups is 1. The first-order valence-electron chi connectivity index (χ1n) is 9.43. The minimum Gasteiger partial charge on any atom is -0.507 e. The van der Waals surface area contributed by atoms with Crippen molar-refractivity contribution in [2.75, 3.05) is 5.75 Å². The number of amides is 1. The van der Waals surface area contributed by atoms with Crippen LogP contribution in [0.25, 0.3) is 10.2 Å². The summed E-state index contributed by atoms with van der Waals surface area (Å²) in [7, 11) is 0. The number of thiazole rings is 1. The number of aromatic hydroxyl groups is 1. The monoisotopic (exact) mass is 511 g/mol. The number of thioether (sulfide) groups is 1. The lowest BCUT2D eigenvalue weighted by Crippen LogP contribution is -2.24. The lowest BCUT2D eigenvalue weighted by atomic mass is 10.2. The zero-order chi connectivity index (χ0) is 21.6. The second-order valence-corrected chi connectivity index (χ2v) is 9.81. The van der Waals surface area contributed by atoms with E-state index in [1.165, 1.54) is 23.1 Å². The van der Waals surface area contributed by atoms with Crippen molar-refractivity contribution in [3.8, 4) is 5.75 Å². The average Bonchev–Trinajstić information content (AvgIpc) is 3.20. The molecular formula is C23H18BrN3O2S2. The summed E-state index contributed by atoms with van der Waals surface area (Å²) in [5, 5.41) is 12.9. The number of rotatable bonds is 7. The van der Waals surface area contributed by atoms with Gasteiger partial charge in [-0.3, -0.25) is 9.79 Å². The van der Waals surface area contributed by atoms with Gasteiger partial charge in [0.1, 0.15) is 5.75 Å². The first-order chi connectivity index (χ1) is 15.1. The number of benzene rings is 3. The van der Waals surface area contributed by atoms with Gasteiger partial charge < -0.3 is 10.4 Å². The molecule has 0 spiro atoms. The maximum atomic E-state index is 12.1. The number of nitrogens with one attached hydrogen (secondary N) is 1. The summed E-state index contributed by atoms with van der Waals surface area (Å²) in [6.45, 7) is 0.523. The number of hydrogen-bond donors (Lipinski definition) is 2. The Morgan fingerprint density at radius 1 is 1.16 bits per heavy atom. The Labute approximate surface area is 196 Å². The third-order valence-corrected chi connectivity index (χ3v) is 7.01. The van der Waals surface area contributed by atoms with Crippen LogP contribution in [-0.2, 0) is 11.3 Å². The van der Waals surface area contributed by atoms with Gasteiger partial charge in [0.05, 0.1) is 21.7 Å². The second kappa shape index (κ2) is 10.1. The molecule has 1 heterocycles. The predicted octanol–water partition coefficient (Wildman–Crippen LogP) is 5.92. The van der Waals surface area contributed by atoms with E-state index in [1.807, 2.05) is 54.6 Å². The van der Waals surface area contributed by atoms with Crippen molar-refractivity contribution in [2.45, 2.75) is 10.9 Å². The van der Waals surface area contributed by atoms with E-state index in [1.54, 1.807) is 18.3 Å². The van der Waals surface area contributed by atoms with Crippen molar-refractivity contribution < 1.29 is 9.90 Å². The fourth-order valence-corrected chi connectivity index (χ4v) is 5.09. The van der Waals surface area contributed by atoms with Crippen molar-refractivity contribution in [3.05, 3.63) is 82.3 Å². The van der Waals surface area contributed by atoms with Crippen molar-refractivity contribution in [1.82, 2.24) is 10.3 Å². The van der Waals surface area contributed by atoms with Crippen molar-refractivity contribution in [3.63, 3.8) is 0 Å². The molecule has 1 amide bonds. The molecule has 3 aromatic carbocycles. The highest BCUT2D eigenvalue weighted by atomic mass is 79.9. The van der Waals surface area contributed by atoms with Crippen LogP contribution < -0.4 is 5.32 Å². The van der Waals surface area contributed by atoms with Crippen LogP contribution in [0.2, 0.25) is 0 Å². The number of halogens is 1. The van der Waals surface area contributed by atoms with Crippen molar-refractivity contribution >= 4 is 67.1 Å². The van der Waals surface area contributed by atoms with E-state index in [4.69, 9.17) is 0 Å². The number of phenols is 1. The van der Waals surface area contributed by atoms with Crippen LogP contribution in [-0.4, -0.2) is 28.0 Å². The summed E-state index contributed by atoms with van der Waals surface area (Å²) in [6, 6.07) is 20.8. The number of aliphatic imine (C=N–C) groups is 1. The maximum absolute atomic E-state index is 12.1. The van der Waals surface area contributed by atoms with Gasteiger partial charge in [0.15, 0.2) is 4.34 Å². The number of nitrogens with zero attached hydrogens (tertiary/aromatic N) is 2. The van der Waals surface area contributed by atoms with Crippen LogP contribution >= 0.6 is 39.0 Å². The fraction of sp³-hybridized carbons (Fsp3) is 0.0870. The standard InChI is InChI=1S/C23H18BrN3O2S2/c24-17-6-9-20(28)16(10-17)13-25-18-7-8-19-21(11-18)31-23(27-19)30-14-22(29)26-12-15-4-2-1-3-5-15/h1-11,13,28H,12,14H2,(H,26,29). The van der Waals surface area contributed by atoms with Gasteiger partial charge in [0.2, 0.25) is 5.91 Å². The van der Waals surface area contributed by atoms with Gasteiger partial charge in [-0.05, 0) is 42.0 Å². The van der Waals surface area contributed by atoms with E-state index in [2.05, 4.69) is 31.2 Å². The molecular weight excluding hydrogens is 494 g/mol. The summed E-state index contributed by atoms with van der Waals surface area (Å²) >= 11 is 6.36. The van der Waals surface area contributed by atoms with E-state index >= 15 is 0 Å². The first kappa shape index (κ1) is 21.5. The highest BCUT2D eigenvalue weighted by Crippen LogP contribution is 2.32. The third kappa shape index (κ3) is 5.94. The minimum absolute atomic E-state index is 0.0211. The summed E-state index contributed by atoms with van der Waals surface area (Å²) in [4.78, 5) is 21.2. The Kier molecular flexibility index (Phi) is 7.01. The maximum Gasteiger partial charge on any atom is 0.230 e. The number of phenolic OH excluding ortho intramolecular Hbond substituents is 1. The normalized spacial score (nSPS) is 11.3. The van der Waals surface area contributed by atoms with Gasteiger partial charge in [-0.1, -0.05) is 58.0 Å². The zero-order valence-corrected chi connectivity index (χ0v) is 19.5. The van der Waals surface area contributed by atoms with Crippen LogP contribution in [0, 0.1) is 0 Å². The summed E-state index contributed by atoms with van der Waals surface area (Å²) in [6.07, 6.45) is 1.63. The Morgan fingerprint density at radius 2 is 2.00 bits per heavy atom. The van der Waals surface area contributed by atoms with E-state index in [9.17, 15) is 9.90 Å². The number of fused-ring (bicyclic) bond motifs is 1. The predicted molar refractivity (Wildman–Crippen MR) is 132 cm³/mol. The fourth-order valence-electron chi connectivity index (χ4n) is 2.78. The van der Waals surface area contributed by atoms with Gasteiger partial charge >= 0.3 is 0 Å². The van der Waals surface area contributed by atoms with Crippen LogP contribution in [0.1, 0.15) is 11.1 Å². The third-order valence-electron chi connectivity index (χ3n) is 4.35. The molecule has 0 fully saturated rings. The molecule has 1 aromatic heterocycles. The molecule has 0 aliphatic rings. The molecule has 0 aliphatic heterocycles. The molecule has 4 rings (SSSR count). The molecule has 4 aromatic rings. The first-order valence-corrected chi connectivity index (χ1v) is 12.0. The zero-order valence-electron chi connectivity index (χ0n) is 16.3. The summed E-state index contributed by atoms with van der Waals surface area (Å²) < 4.78 is 2.72. The highest BCUT2D eigenvalue weighted by Gasteiger charge is 2.09. The largest absolute Gasteiger partial charge is 0.507 e. The number of carbonyl (C=O) groups excluding carboxylic acids is 1. The number of aromatic nitrogens is 1. The van der Waals surface area contributed by atoms with E-state index in [0.29, 0.717) is 17.9 Å². The Balaban J connectivity index is 1.37. The topological polar surface area (TPSA) is 74.6 Å². The molecule has 8 heteroatoms. The van der Waals surface area contributed by atoms with E-state index in [-0.39, 0.29) is 11.7 Å². The molecule has 2 N–H and O–H groups in total. The minimum atomic E-state index is -0.0211. The molecule has 0 saturated heterocycles. The van der Waals surface area contributed by atoms with Gasteiger partial charge in [-0.25, -0.2) is 4.98 Å². The molecule has 0 atom stereocenters. The SMILES string of the molecule is O=C(CSc1nc2ccc(N=Cc3cc(Br)ccc3O)cc2s1)NCc1ccccc1. The van der Waals surface area contributed by atoms with Gasteiger partial charge in [0, 0.05) is 22.8 Å². The molecule has 5 nitrogen and oxygen atoms in total. The Bertz CT molecular complexity index is 1240. The second-order valence-electron chi connectivity index (χ2n) is 6.64. The van der Waals surface area contributed by atoms with Crippen molar-refractivity contribution in [1.29, 1.82) is 0 Å².